The molecule has 2 heterocycles. The van der Waals surface area contributed by atoms with Crippen LogP contribution in [0.5, 0.6) is 0 Å². The number of fused-ring (bicyclic) bond motifs is 2. The fraction of sp³-hybridized carbons (Fsp3) is 0.261. The third-order valence-electron chi connectivity index (χ3n) is 6.01. The number of anilines is 4. The number of rotatable bonds is 6. The second kappa shape index (κ2) is 7.76. The van der Waals surface area contributed by atoms with E-state index >= 15 is 0 Å². The fourth-order valence-corrected chi connectivity index (χ4v) is 4.50. The molecule has 3 atom stereocenters. The highest BCUT2D eigenvalue weighted by atomic mass is 15.1. The molecule has 1 saturated heterocycles. The number of nitrogens with one attached hydrogen (secondary N) is 4. The zero-order chi connectivity index (χ0) is 20.5. The maximum Gasteiger partial charge on any atom is 0.141 e. The predicted molar refractivity (Wildman–Crippen MR) is 120 cm³/mol. The van der Waals surface area contributed by atoms with Crippen molar-refractivity contribution in [3.05, 3.63) is 72.1 Å². The van der Waals surface area contributed by atoms with E-state index in [-0.39, 0.29) is 0 Å². The van der Waals surface area contributed by atoms with Crippen LogP contribution in [-0.2, 0) is 0 Å². The van der Waals surface area contributed by atoms with Crippen molar-refractivity contribution in [1.29, 1.82) is 5.41 Å². The van der Waals surface area contributed by atoms with Crippen LogP contribution in [0.15, 0.2) is 60.9 Å². The minimum absolute atomic E-state index is 0.307. The highest BCUT2D eigenvalue weighted by Gasteiger charge is 2.39. The van der Waals surface area contributed by atoms with Crippen LogP contribution in [0.4, 0.5) is 23.0 Å². The van der Waals surface area contributed by atoms with Gasteiger partial charge in [0.05, 0.1) is 11.3 Å². The number of benzene rings is 2. The van der Waals surface area contributed by atoms with Gasteiger partial charge in [-0.15, -0.1) is 0 Å². The second-order valence-electron chi connectivity index (χ2n) is 8.03. The Balaban J connectivity index is 1.36. The van der Waals surface area contributed by atoms with Gasteiger partial charge in [0.1, 0.15) is 18.0 Å². The first-order valence-electron chi connectivity index (χ1n) is 10.3. The molecular weight excluding hydrogens is 374 g/mol. The fourth-order valence-electron chi connectivity index (χ4n) is 4.50. The molecule has 1 aliphatic heterocycles. The highest BCUT2D eigenvalue weighted by Crippen LogP contribution is 2.34. The molecule has 30 heavy (non-hydrogen) atoms. The van der Waals surface area contributed by atoms with Crippen LogP contribution in [-0.4, -0.2) is 34.3 Å². The molecule has 2 fully saturated rings. The van der Waals surface area contributed by atoms with Crippen molar-refractivity contribution < 1.29 is 0 Å². The van der Waals surface area contributed by atoms with Crippen molar-refractivity contribution in [1.82, 2.24) is 15.3 Å². The zero-order valence-corrected chi connectivity index (χ0v) is 16.6. The lowest BCUT2D eigenvalue weighted by Gasteiger charge is -2.25. The van der Waals surface area contributed by atoms with E-state index in [1.807, 2.05) is 54.6 Å². The standard InChI is InChI=1S/C23H25N7/c24-21(15-6-8-17(9-7-15)29-16-4-2-1-3-5-16)20-22(25)27-13-28-23(20)30-19-11-14-10-18(19)26-12-14/h1-9,13-14,18-19,24,26,29H,10-12H2,(H3,25,27,28,30). The van der Waals surface area contributed by atoms with E-state index in [1.165, 1.54) is 12.7 Å². The van der Waals surface area contributed by atoms with Gasteiger partial charge >= 0.3 is 0 Å². The van der Waals surface area contributed by atoms with E-state index in [4.69, 9.17) is 11.1 Å². The quantitative estimate of drug-likeness (QED) is 0.406. The molecule has 152 valence electrons. The van der Waals surface area contributed by atoms with Gasteiger partial charge in [-0.3, -0.25) is 5.41 Å². The van der Waals surface area contributed by atoms with Crippen molar-refractivity contribution in [2.24, 2.45) is 5.92 Å². The molecule has 2 aromatic carbocycles. The van der Waals surface area contributed by atoms with Gasteiger partial charge < -0.3 is 21.7 Å². The first-order chi connectivity index (χ1) is 14.7. The molecule has 7 nitrogen and oxygen atoms in total. The predicted octanol–water partition coefficient (Wildman–Crippen LogP) is 3.38. The van der Waals surface area contributed by atoms with Crippen LogP contribution in [0.25, 0.3) is 0 Å². The number of nitrogen functional groups attached to an aromatic ring is 1. The summed E-state index contributed by atoms with van der Waals surface area (Å²) in [5.74, 6) is 1.68. The molecule has 3 unspecified atom stereocenters. The molecule has 6 N–H and O–H groups in total. The van der Waals surface area contributed by atoms with Gasteiger partial charge in [0, 0.05) is 29.0 Å². The smallest absolute Gasteiger partial charge is 0.141 e. The van der Waals surface area contributed by atoms with Crippen LogP contribution in [0, 0.1) is 11.3 Å². The van der Waals surface area contributed by atoms with E-state index < -0.39 is 0 Å². The Morgan fingerprint density at radius 3 is 2.47 bits per heavy atom. The van der Waals surface area contributed by atoms with E-state index in [1.54, 1.807) is 0 Å². The Bertz CT molecular complexity index is 1050. The maximum atomic E-state index is 8.79. The van der Waals surface area contributed by atoms with Gasteiger partial charge in [-0.1, -0.05) is 30.3 Å². The molecule has 0 spiro atoms. The molecular formula is C23H25N7. The van der Waals surface area contributed by atoms with Crippen LogP contribution in [0.3, 0.4) is 0 Å². The van der Waals surface area contributed by atoms with Gasteiger partial charge in [0.2, 0.25) is 0 Å². The molecule has 2 aliphatic rings. The summed E-state index contributed by atoms with van der Waals surface area (Å²) in [5, 5.41) is 19.2. The summed E-state index contributed by atoms with van der Waals surface area (Å²) < 4.78 is 0. The Morgan fingerprint density at radius 1 is 1.00 bits per heavy atom. The van der Waals surface area contributed by atoms with Gasteiger partial charge in [0.15, 0.2) is 0 Å². The molecule has 1 aliphatic carbocycles. The van der Waals surface area contributed by atoms with Crippen molar-refractivity contribution in [3.8, 4) is 0 Å². The third kappa shape index (κ3) is 3.59. The number of piperidine rings is 1. The Hall–Kier alpha value is -3.45. The summed E-state index contributed by atoms with van der Waals surface area (Å²) >= 11 is 0. The molecule has 1 aromatic heterocycles. The lowest BCUT2D eigenvalue weighted by molar-refractivity contribution is 0.465. The summed E-state index contributed by atoms with van der Waals surface area (Å²) in [4.78, 5) is 8.56. The first kappa shape index (κ1) is 18.6. The average molecular weight is 400 g/mol. The van der Waals surface area contributed by atoms with Crippen molar-refractivity contribution in [2.45, 2.75) is 24.9 Å². The number of hydrogen-bond donors (Lipinski definition) is 5. The molecule has 2 bridgehead atoms. The average Bonchev–Trinajstić information content (AvgIpc) is 3.38. The molecule has 3 aromatic rings. The summed E-state index contributed by atoms with van der Waals surface area (Å²) in [5.41, 5.74) is 9.81. The maximum absolute atomic E-state index is 8.79. The molecule has 1 saturated carbocycles. The minimum atomic E-state index is 0.307. The van der Waals surface area contributed by atoms with Gasteiger partial charge in [-0.2, -0.15) is 0 Å². The Labute approximate surface area is 175 Å². The number of para-hydroxylation sites is 1. The minimum Gasteiger partial charge on any atom is -0.383 e. The van der Waals surface area contributed by atoms with E-state index in [0.29, 0.717) is 35.0 Å². The Morgan fingerprint density at radius 2 is 1.77 bits per heavy atom. The lowest BCUT2D eigenvalue weighted by atomic mass is 10.0. The van der Waals surface area contributed by atoms with Crippen molar-refractivity contribution in [2.75, 3.05) is 22.9 Å². The van der Waals surface area contributed by atoms with Gasteiger partial charge in [0.25, 0.3) is 0 Å². The normalized spacial score (nSPS) is 22.1. The van der Waals surface area contributed by atoms with Crippen LogP contribution in [0.1, 0.15) is 24.0 Å². The third-order valence-corrected chi connectivity index (χ3v) is 6.01. The van der Waals surface area contributed by atoms with Crippen molar-refractivity contribution in [3.63, 3.8) is 0 Å². The van der Waals surface area contributed by atoms with Gasteiger partial charge in [-0.05, 0) is 49.6 Å². The largest absolute Gasteiger partial charge is 0.383 e. The van der Waals surface area contributed by atoms with E-state index in [2.05, 4.69) is 25.9 Å². The molecule has 0 radical (unpaired) electrons. The monoisotopic (exact) mass is 399 g/mol. The van der Waals surface area contributed by atoms with Crippen molar-refractivity contribution >= 4 is 28.7 Å². The summed E-state index contributed by atoms with van der Waals surface area (Å²) in [7, 11) is 0. The molecule has 5 rings (SSSR count). The lowest BCUT2D eigenvalue weighted by Crippen LogP contribution is -2.41. The number of nitrogens with two attached hydrogens (primary N) is 1. The number of nitrogens with zero attached hydrogens (tertiary/aromatic N) is 2. The SMILES string of the molecule is N=C(c1ccc(Nc2ccccc2)cc1)c1c(N)ncnc1NC1CC2CNC1C2. The van der Waals surface area contributed by atoms with E-state index in [9.17, 15) is 0 Å². The van der Waals surface area contributed by atoms with Crippen LogP contribution in [0.2, 0.25) is 0 Å². The molecule has 7 heteroatoms. The first-order valence-corrected chi connectivity index (χ1v) is 10.3. The van der Waals surface area contributed by atoms with Gasteiger partial charge in [-0.25, -0.2) is 9.97 Å². The summed E-state index contributed by atoms with van der Waals surface area (Å²) in [6, 6.07) is 18.5. The number of hydrogen-bond acceptors (Lipinski definition) is 7. The van der Waals surface area contributed by atoms with Crippen LogP contribution < -0.4 is 21.7 Å². The molecule has 0 amide bonds. The highest BCUT2D eigenvalue weighted by molar-refractivity contribution is 6.16. The van der Waals surface area contributed by atoms with E-state index in [0.717, 1.165) is 35.8 Å². The summed E-state index contributed by atoms with van der Waals surface area (Å²) in [6.45, 7) is 1.10. The van der Waals surface area contributed by atoms with Crippen LogP contribution >= 0.6 is 0 Å². The second-order valence-corrected chi connectivity index (χ2v) is 8.03. The zero-order valence-electron chi connectivity index (χ0n) is 16.6. The Kier molecular flexibility index (Phi) is 4.80. The summed E-state index contributed by atoms with van der Waals surface area (Å²) in [6.07, 6.45) is 3.77. The number of aromatic nitrogens is 2. The topological polar surface area (TPSA) is 112 Å².